The van der Waals surface area contributed by atoms with Crippen molar-refractivity contribution >= 4 is 29.2 Å². The Balaban J connectivity index is 1.68. The van der Waals surface area contributed by atoms with E-state index in [0.717, 1.165) is 30.6 Å². The minimum atomic E-state index is -0.581. The summed E-state index contributed by atoms with van der Waals surface area (Å²) in [5, 5.41) is 0.604. The van der Waals surface area contributed by atoms with Crippen LogP contribution in [-0.4, -0.2) is 39.8 Å². The van der Waals surface area contributed by atoms with Gasteiger partial charge in [-0.2, -0.15) is 0 Å². The van der Waals surface area contributed by atoms with Gasteiger partial charge in [0.1, 0.15) is 0 Å². The molecule has 1 saturated heterocycles. The van der Waals surface area contributed by atoms with Crippen LogP contribution in [0.5, 0.6) is 0 Å². The molecular weight excluding hydrogens is 376 g/mol. The summed E-state index contributed by atoms with van der Waals surface area (Å²) in [6.45, 7) is 6.99. The highest BCUT2D eigenvalue weighted by Crippen LogP contribution is 2.42. The van der Waals surface area contributed by atoms with Crippen molar-refractivity contribution in [2.75, 3.05) is 18.0 Å². The van der Waals surface area contributed by atoms with Crippen molar-refractivity contribution in [1.82, 2.24) is 14.9 Å². The van der Waals surface area contributed by atoms with Gasteiger partial charge in [0.25, 0.3) is 5.91 Å². The summed E-state index contributed by atoms with van der Waals surface area (Å²) in [7, 11) is 0. The second-order valence-electron chi connectivity index (χ2n) is 8.00. The van der Waals surface area contributed by atoms with Gasteiger partial charge in [-0.1, -0.05) is 11.6 Å². The lowest BCUT2D eigenvalue weighted by molar-refractivity contribution is -0.130. The van der Waals surface area contributed by atoms with Crippen LogP contribution in [-0.2, 0) is 10.3 Å². The van der Waals surface area contributed by atoms with Crippen LogP contribution in [0.1, 0.15) is 61.1 Å². The lowest BCUT2D eigenvalue weighted by atomic mass is 9.93. The average molecular weight is 399 g/mol. The predicted octanol–water partition coefficient (Wildman–Crippen LogP) is 3.75. The molecule has 0 aliphatic carbocycles. The smallest absolute Gasteiger partial charge is 0.260 e. The Bertz CT molecular complexity index is 959. The lowest BCUT2D eigenvalue weighted by Gasteiger charge is -2.33. The molecule has 2 aromatic rings. The number of rotatable bonds is 2. The molecule has 146 valence electrons. The van der Waals surface area contributed by atoms with E-state index in [4.69, 9.17) is 16.6 Å². The molecule has 7 heteroatoms. The van der Waals surface area contributed by atoms with E-state index in [1.54, 1.807) is 36.4 Å². The fourth-order valence-electron chi connectivity index (χ4n) is 4.27. The Morgan fingerprint density at radius 3 is 2.82 bits per heavy atom. The van der Waals surface area contributed by atoms with Crippen molar-refractivity contribution in [3.8, 4) is 0 Å². The number of halogens is 1. The molecule has 3 heterocycles. The van der Waals surface area contributed by atoms with Gasteiger partial charge >= 0.3 is 0 Å². The summed E-state index contributed by atoms with van der Waals surface area (Å²) < 4.78 is 0. The van der Waals surface area contributed by atoms with E-state index in [-0.39, 0.29) is 17.7 Å². The highest BCUT2D eigenvalue weighted by molar-refractivity contribution is 6.31. The number of likely N-dealkylation sites (tertiary alicyclic amines) is 1. The highest BCUT2D eigenvalue weighted by Gasteiger charge is 2.45. The predicted molar refractivity (Wildman–Crippen MR) is 108 cm³/mol. The molecule has 0 radical (unpaired) electrons. The minimum Gasteiger partial charge on any atom is -0.342 e. The maximum atomic E-state index is 13.1. The standard InChI is InChI=1S/C21H23ClN4O2/c1-13(27)25-8-4-5-14(12-25)18-10-23-11-19(24-18)26-20(28)16-7-6-15(22)9-17(16)21(26,2)3/h6-7,9-11,14H,4-5,8,12H2,1-3H3. The van der Waals surface area contributed by atoms with Crippen molar-refractivity contribution in [3.05, 3.63) is 52.4 Å². The van der Waals surface area contributed by atoms with Gasteiger partial charge in [0.2, 0.25) is 5.91 Å². The third-order valence-corrected chi connectivity index (χ3v) is 6.02. The fourth-order valence-corrected chi connectivity index (χ4v) is 4.45. The zero-order chi connectivity index (χ0) is 20.1. The van der Waals surface area contributed by atoms with E-state index in [1.165, 1.54) is 0 Å². The first-order valence-electron chi connectivity index (χ1n) is 9.51. The Kier molecular flexibility index (Phi) is 4.62. The van der Waals surface area contributed by atoms with Crippen molar-refractivity contribution in [2.45, 2.75) is 45.1 Å². The number of carbonyl (C=O) groups excluding carboxylic acids is 2. The van der Waals surface area contributed by atoms with E-state index >= 15 is 0 Å². The summed E-state index contributed by atoms with van der Waals surface area (Å²) in [5.41, 5.74) is 1.77. The Hall–Kier alpha value is -2.47. The van der Waals surface area contributed by atoms with Gasteiger partial charge in [-0.3, -0.25) is 19.5 Å². The largest absolute Gasteiger partial charge is 0.342 e. The summed E-state index contributed by atoms with van der Waals surface area (Å²) in [6, 6.07) is 5.35. The number of hydrogen-bond donors (Lipinski definition) is 0. The topological polar surface area (TPSA) is 66.4 Å². The van der Waals surface area contributed by atoms with E-state index in [2.05, 4.69) is 4.98 Å². The third kappa shape index (κ3) is 3.05. The highest BCUT2D eigenvalue weighted by atomic mass is 35.5. The lowest BCUT2D eigenvalue weighted by Crippen LogP contribution is -2.40. The van der Waals surface area contributed by atoms with Crippen LogP contribution in [0.4, 0.5) is 5.82 Å². The number of carbonyl (C=O) groups is 2. The second kappa shape index (κ2) is 6.85. The molecule has 28 heavy (non-hydrogen) atoms. The van der Waals surface area contributed by atoms with Crippen molar-refractivity contribution < 1.29 is 9.59 Å². The summed E-state index contributed by atoms with van der Waals surface area (Å²) in [4.78, 5) is 37.6. The van der Waals surface area contributed by atoms with Gasteiger partial charge in [-0.25, -0.2) is 4.98 Å². The molecule has 0 spiro atoms. The van der Waals surface area contributed by atoms with Gasteiger partial charge < -0.3 is 4.90 Å². The number of aromatic nitrogens is 2. The Morgan fingerprint density at radius 1 is 1.29 bits per heavy atom. The van der Waals surface area contributed by atoms with Gasteiger partial charge in [0.05, 0.1) is 17.4 Å². The van der Waals surface area contributed by atoms with Crippen LogP contribution in [0.25, 0.3) is 0 Å². The molecular formula is C21H23ClN4O2. The first kappa shape index (κ1) is 18.9. The number of amides is 2. The first-order valence-corrected chi connectivity index (χ1v) is 9.89. The number of hydrogen-bond acceptors (Lipinski definition) is 4. The maximum Gasteiger partial charge on any atom is 0.260 e. The molecule has 1 aromatic heterocycles. The van der Waals surface area contributed by atoms with Gasteiger partial charge in [-0.15, -0.1) is 0 Å². The molecule has 1 aromatic carbocycles. The Labute approximate surface area is 169 Å². The number of piperidine rings is 1. The molecule has 0 N–H and O–H groups in total. The zero-order valence-electron chi connectivity index (χ0n) is 16.3. The molecule has 4 rings (SSSR count). The van der Waals surface area contributed by atoms with E-state index in [0.29, 0.717) is 22.9 Å². The van der Waals surface area contributed by atoms with Crippen LogP contribution < -0.4 is 4.90 Å². The summed E-state index contributed by atoms with van der Waals surface area (Å²) >= 11 is 6.17. The van der Waals surface area contributed by atoms with E-state index in [1.807, 2.05) is 24.8 Å². The summed E-state index contributed by atoms with van der Waals surface area (Å²) in [6.07, 6.45) is 5.26. The molecule has 1 fully saturated rings. The maximum absolute atomic E-state index is 13.1. The van der Waals surface area contributed by atoms with Gasteiger partial charge in [0, 0.05) is 42.7 Å². The molecule has 2 amide bonds. The third-order valence-electron chi connectivity index (χ3n) is 5.79. The molecule has 1 atom stereocenters. The average Bonchev–Trinajstić information content (AvgIpc) is 2.87. The van der Waals surface area contributed by atoms with Crippen LogP contribution in [0, 0.1) is 0 Å². The number of benzene rings is 1. The molecule has 2 aliphatic heterocycles. The summed E-state index contributed by atoms with van der Waals surface area (Å²) in [5.74, 6) is 0.636. The number of anilines is 1. The Morgan fingerprint density at radius 2 is 2.07 bits per heavy atom. The normalized spacial score (nSPS) is 21.0. The van der Waals surface area contributed by atoms with Crippen LogP contribution in [0.3, 0.4) is 0 Å². The quantitative estimate of drug-likeness (QED) is 0.772. The van der Waals surface area contributed by atoms with Crippen LogP contribution in [0.15, 0.2) is 30.6 Å². The molecule has 0 bridgehead atoms. The van der Waals surface area contributed by atoms with Gasteiger partial charge in [0.15, 0.2) is 5.82 Å². The van der Waals surface area contributed by atoms with Crippen molar-refractivity contribution in [2.24, 2.45) is 0 Å². The molecule has 2 aliphatic rings. The minimum absolute atomic E-state index is 0.0806. The van der Waals surface area contributed by atoms with Gasteiger partial charge in [-0.05, 0) is 50.5 Å². The molecule has 6 nitrogen and oxygen atoms in total. The monoisotopic (exact) mass is 398 g/mol. The first-order chi connectivity index (χ1) is 13.3. The molecule has 0 saturated carbocycles. The fraction of sp³-hybridized carbons (Fsp3) is 0.429. The zero-order valence-corrected chi connectivity index (χ0v) is 17.0. The van der Waals surface area contributed by atoms with Crippen molar-refractivity contribution in [1.29, 1.82) is 0 Å². The van der Waals surface area contributed by atoms with E-state index in [9.17, 15) is 9.59 Å². The SMILES string of the molecule is CC(=O)N1CCCC(c2cncc(N3C(=O)c4ccc(Cl)cc4C3(C)C)n2)C1. The van der Waals surface area contributed by atoms with Crippen LogP contribution in [0.2, 0.25) is 5.02 Å². The number of fused-ring (bicyclic) bond motifs is 1. The van der Waals surface area contributed by atoms with E-state index < -0.39 is 5.54 Å². The number of nitrogens with zero attached hydrogens (tertiary/aromatic N) is 4. The molecule has 1 unspecified atom stereocenters. The second-order valence-corrected chi connectivity index (χ2v) is 8.43. The van der Waals surface area contributed by atoms with Crippen molar-refractivity contribution in [3.63, 3.8) is 0 Å². The van der Waals surface area contributed by atoms with Crippen LogP contribution >= 0.6 is 11.6 Å².